The maximum absolute atomic E-state index is 6.00. The van der Waals surface area contributed by atoms with Crippen LogP contribution in [-0.2, 0) is 13.0 Å². The lowest BCUT2D eigenvalue weighted by Crippen LogP contribution is -2.33. The molecule has 3 N–H and O–H groups in total. The second-order valence-electron chi connectivity index (χ2n) is 7.28. The minimum Gasteiger partial charge on any atom is -0.493 e. The van der Waals surface area contributed by atoms with Crippen LogP contribution in [0.2, 0.25) is 0 Å². The molecule has 1 heterocycles. The quantitative estimate of drug-likeness (QED) is 0.399. The van der Waals surface area contributed by atoms with Crippen LogP contribution < -0.4 is 20.5 Å². The molecule has 0 saturated heterocycles. The number of rotatable bonds is 8. The maximum atomic E-state index is 6.00. The molecule has 0 bridgehead atoms. The average molecular weight is 403 g/mol. The summed E-state index contributed by atoms with van der Waals surface area (Å²) in [7, 11) is 3.26. The minimum atomic E-state index is 0.125. The van der Waals surface area contributed by atoms with Crippen LogP contribution in [0.1, 0.15) is 31.9 Å². The lowest BCUT2D eigenvalue weighted by atomic mass is 10.1. The molecule has 7 heteroatoms. The van der Waals surface area contributed by atoms with Crippen molar-refractivity contribution in [3.05, 3.63) is 47.7 Å². The topological polar surface area (TPSA) is 81.8 Å². The van der Waals surface area contributed by atoms with Crippen LogP contribution in [0, 0.1) is 0 Å². The smallest absolute Gasteiger partial charge is 0.188 e. The second kappa shape index (κ2) is 10.2. The number of thioether (sulfide) groups is 1. The van der Waals surface area contributed by atoms with Crippen LogP contribution >= 0.6 is 11.8 Å². The number of aliphatic imine (C=N–C) groups is 1. The highest BCUT2D eigenvalue weighted by atomic mass is 32.2. The first kappa shape index (κ1) is 21.9. The predicted octanol–water partition coefficient (Wildman–Crippen LogP) is 3.64. The summed E-state index contributed by atoms with van der Waals surface area (Å²) in [5.74, 6) is 1.88. The largest absolute Gasteiger partial charge is 0.493 e. The molecule has 0 spiro atoms. The summed E-state index contributed by atoms with van der Waals surface area (Å²) < 4.78 is 10.7. The number of nitrogens with two attached hydrogens (primary N) is 1. The molecule has 2 rings (SSSR count). The van der Waals surface area contributed by atoms with E-state index in [2.05, 4.69) is 42.1 Å². The Kier molecular flexibility index (Phi) is 7.99. The van der Waals surface area contributed by atoms with E-state index in [1.54, 1.807) is 26.0 Å². The van der Waals surface area contributed by atoms with E-state index in [-0.39, 0.29) is 4.75 Å². The number of nitrogens with one attached hydrogen (secondary N) is 1. The van der Waals surface area contributed by atoms with Gasteiger partial charge < -0.3 is 20.5 Å². The predicted molar refractivity (Wildman–Crippen MR) is 116 cm³/mol. The van der Waals surface area contributed by atoms with Crippen LogP contribution in [0.5, 0.6) is 11.5 Å². The van der Waals surface area contributed by atoms with E-state index in [0.717, 1.165) is 34.1 Å². The summed E-state index contributed by atoms with van der Waals surface area (Å²) in [5, 5.41) is 4.16. The highest BCUT2D eigenvalue weighted by molar-refractivity contribution is 8.00. The van der Waals surface area contributed by atoms with Crippen molar-refractivity contribution in [3.8, 4) is 11.5 Å². The Labute approximate surface area is 171 Å². The van der Waals surface area contributed by atoms with Crippen LogP contribution in [0.4, 0.5) is 0 Å². The van der Waals surface area contributed by atoms with Crippen molar-refractivity contribution in [1.29, 1.82) is 0 Å². The van der Waals surface area contributed by atoms with E-state index in [9.17, 15) is 0 Å². The van der Waals surface area contributed by atoms with Gasteiger partial charge in [0.05, 0.1) is 25.8 Å². The first-order chi connectivity index (χ1) is 13.3. The zero-order chi connectivity index (χ0) is 20.6. The molecule has 6 nitrogen and oxygen atoms in total. The molecule has 0 atom stereocenters. The summed E-state index contributed by atoms with van der Waals surface area (Å²) in [6.45, 7) is 7.72. The molecule has 0 fully saturated rings. The Bertz CT molecular complexity index is 803. The fourth-order valence-corrected chi connectivity index (χ4v) is 3.47. The number of guanidine groups is 1. The Balaban J connectivity index is 1.86. The first-order valence-electron chi connectivity index (χ1n) is 9.19. The standard InChI is InChI=1S/C21H30N4O2S/c1-21(2,3)28-19-13-16(9-10-23-19)14-25-20(22)24-11-8-15-6-7-17(26-4)18(12-15)27-5/h6-7,9-10,12-13H,8,11,14H2,1-5H3,(H3,22,24,25). The van der Waals surface area contributed by atoms with Gasteiger partial charge in [-0.05, 0) is 41.8 Å². The lowest BCUT2D eigenvalue weighted by molar-refractivity contribution is 0.354. The Morgan fingerprint density at radius 1 is 1.11 bits per heavy atom. The maximum Gasteiger partial charge on any atom is 0.188 e. The number of methoxy groups -OCH3 is 2. The van der Waals surface area contributed by atoms with Gasteiger partial charge in [-0.1, -0.05) is 26.8 Å². The molecule has 0 aliphatic rings. The molecule has 0 aliphatic carbocycles. The molecule has 0 saturated carbocycles. The fraction of sp³-hybridized carbons (Fsp3) is 0.429. The third kappa shape index (κ3) is 7.31. The van der Waals surface area contributed by atoms with Gasteiger partial charge in [0.2, 0.25) is 0 Å². The molecule has 0 unspecified atom stereocenters. The van der Waals surface area contributed by atoms with Crippen molar-refractivity contribution < 1.29 is 9.47 Å². The molecule has 1 aromatic carbocycles. The Morgan fingerprint density at radius 2 is 1.86 bits per heavy atom. The van der Waals surface area contributed by atoms with Gasteiger partial charge in [0.25, 0.3) is 0 Å². The van der Waals surface area contributed by atoms with E-state index in [1.165, 1.54) is 0 Å². The number of hydrogen-bond acceptors (Lipinski definition) is 5. The molecular weight excluding hydrogens is 372 g/mol. The van der Waals surface area contributed by atoms with Gasteiger partial charge in [0.1, 0.15) is 0 Å². The van der Waals surface area contributed by atoms with E-state index >= 15 is 0 Å². The summed E-state index contributed by atoms with van der Waals surface area (Å²) in [4.78, 5) is 8.84. The molecule has 28 heavy (non-hydrogen) atoms. The molecule has 152 valence electrons. The van der Waals surface area contributed by atoms with Gasteiger partial charge in [-0.3, -0.25) is 0 Å². The normalized spacial score (nSPS) is 12.0. The van der Waals surface area contributed by atoms with Gasteiger partial charge >= 0.3 is 0 Å². The van der Waals surface area contributed by atoms with Crippen LogP contribution in [0.15, 0.2) is 46.5 Å². The van der Waals surface area contributed by atoms with Gasteiger partial charge in [-0.15, -0.1) is 11.8 Å². The van der Waals surface area contributed by atoms with E-state index in [0.29, 0.717) is 19.0 Å². The summed E-state index contributed by atoms with van der Waals surface area (Å²) in [5.41, 5.74) is 8.22. The van der Waals surface area contributed by atoms with Crippen molar-refractivity contribution in [3.63, 3.8) is 0 Å². The summed E-state index contributed by atoms with van der Waals surface area (Å²) >= 11 is 1.74. The van der Waals surface area contributed by atoms with Crippen molar-refractivity contribution >= 4 is 17.7 Å². The van der Waals surface area contributed by atoms with E-state index in [4.69, 9.17) is 15.2 Å². The van der Waals surface area contributed by atoms with Crippen molar-refractivity contribution in [2.24, 2.45) is 10.7 Å². The number of pyridine rings is 1. The molecule has 2 aromatic rings. The van der Waals surface area contributed by atoms with Gasteiger partial charge in [0.15, 0.2) is 17.5 Å². The fourth-order valence-electron chi connectivity index (χ4n) is 2.52. The highest BCUT2D eigenvalue weighted by Gasteiger charge is 2.13. The van der Waals surface area contributed by atoms with Crippen LogP contribution in [-0.4, -0.2) is 36.5 Å². The van der Waals surface area contributed by atoms with Gasteiger partial charge in [-0.25, -0.2) is 9.98 Å². The third-order valence-corrected chi connectivity index (χ3v) is 4.85. The number of aromatic nitrogens is 1. The molecule has 0 aliphatic heterocycles. The van der Waals surface area contributed by atoms with E-state index in [1.807, 2.05) is 30.5 Å². The zero-order valence-electron chi connectivity index (χ0n) is 17.3. The number of nitrogens with zero attached hydrogens (tertiary/aromatic N) is 2. The summed E-state index contributed by atoms with van der Waals surface area (Å²) in [6, 6.07) is 9.92. The Hall–Kier alpha value is -2.41. The third-order valence-electron chi connectivity index (χ3n) is 3.81. The first-order valence-corrected chi connectivity index (χ1v) is 10.0. The number of hydrogen-bond donors (Lipinski definition) is 2. The molecule has 0 radical (unpaired) electrons. The van der Waals surface area contributed by atoms with E-state index < -0.39 is 0 Å². The van der Waals surface area contributed by atoms with Crippen molar-refractivity contribution in [2.45, 2.75) is 43.5 Å². The van der Waals surface area contributed by atoms with Crippen LogP contribution in [0.25, 0.3) is 0 Å². The highest BCUT2D eigenvalue weighted by Crippen LogP contribution is 2.30. The number of ether oxygens (including phenoxy) is 2. The zero-order valence-corrected chi connectivity index (χ0v) is 18.1. The lowest BCUT2D eigenvalue weighted by Gasteiger charge is -2.16. The minimum absolute atomic E-state index is 0.125. The Morgan fingerprint density at radius 3 is 2.54 bits per heavy atom. The number of benzene rings is 1. The monoisotopic (exact) mass is 402 g/mol. The second-order valence-corrected chi connectivity index (χ2v) is 9.13. The SMILES string of the molecule is COc1ccc(CCNC(N)=NCc2ccnc(SC(C)(C)C)c2)cc1OC. The molecular formula is C21H30N4O2S. The van der Waals surface area contributed by atoms with Gasteiger partial charge in [-0.2, -0.15) is 0 Å². The summed E-state index contributed by atoms with van der Waals surface area (Å²) in [6.07, 6.45) is 2.62. The van der Waals surface area contributed by atoms with Crippen LogP contribution in [0.3, 0.4) is 0 Å². The molecule has 0 amide bonds. The molecule has 1 aromatic heterocycles. The van der Waals surface area contributed by atoms with Crippen molar-refractivity contribution in [2.75, 3.05) is 20.8 Å². The van der Waals surface area contributed by atoms with Crippen molar-refractivity contribution in [1.82, 2.24) is 10.3 Å². The van der Waals surface area contributed by atoms with Gasteiger partial charge in [0, 0.05) is 17.5 Å². The average Bonchev–Trinajstić information content (AvgIpc) is 2.65.